The van der Waals surface area contributed by atoms with Crippen molar-refractivity contribution in [1.29, 1.82) is 0 Å². The second-order valence-corrected chi connectivity index (χ2v) is 8.24. The van der Waals surface area contributed by atoms with Crippen LogP contribution in [0.25, 0.3) is 5.57 Å². The SMILES string of the molecule is CC1=CC(C)(C)N(C)c2cc(C)c(/C=N\NC(=O)COc3ccc(Cl)cc3)cc21. The van der Waals surface area contributed by atoms with Gasteiger partial charge >= 0.3 is 0 Å². The lowest BCUT2D eigenvalue weighted by Crippen LogP contribution is -2.42. The van der Waals surface area contributed by atoms with Crippen LogP contribution in [0.4, 0.5) is 5.69 Å². The van der Waals surface area contributed by atoms with Crippen LogP contribution in [0.3, 0.4) is 0 Å². The Bertz CT molecular complexity index is 978. The highest BCUT2D eigenvalue weighted by atomic mass is 35.5. The zero-order chi connectivity index (χ0) is 21.2. The Kier molecular flexibility index (Phi) is 5.99. The van der Waals surface area contributed by atoms with Gasteiger partial charge in [0.25, 0.3) is 5.91 Å². The molecule has 1 amide bonds. The number of hydrazone groups is 1. The summed E-state index contributed by atoms with van der Waals surface area (Å²) in [6.45, 7) is 8.45. The highest BCUT2D eigenvalue weighted by Gasteiger charge is 2.28. The van der Waals surface area contributed by atoms with Crippen molar-refractivity contribution in [2.24, 2.45) is 5.10 Å². The van der Waals surface area contributed by atoms with Crippen LogP contribution in [0.5, 0.6) is 5.75 Å². The topological polar surface area (TPSA) is 53.9 Å². The van der Waals surface area contributed by atoms with Crippen LogP contribution in [-0.2, 0) is 4.79 Å². The van der Waals surface area contributed by atoms with E-state index in [2.05, 4.69) is 61.5 Å². The molecule has 0 unspecified atom stereocenters. The van der Waals surface area contributed by atoms with Crippen molar-refractivity contribution in [3.63, 3.8) is 0 Å². The number of benzene rings is 2. The molecule has 0 atom stereocenters. The Labute approximate surface area is 177 Å². The number of carbonyl (C=O) groups excluding carboxylic acids is 1. The average molecular weight is 412 g/mol. The van der Waals surface area contributed by atoms with Gasteiger partial charge in [0.2, 0.25) is 0 Å². The highest BCUT2D eigenvalue weighted by Crippen LogP contribution is 2.38. The summed E-state index contributed by atoms with van der Waals surface area (Å²) in [5.74, 6) is 0.248. The van der Waals surface area contributed by atoms with Crippen LogP contribution in [0.2, 0.25) is 5.02 Å². The molecule has 1 N–H and O–H groups in total. The van der Waals surface area contributed by atoms with E-state index >= 15 is 0 Å². The van der Waals surface area contributed by atoms with Crippen LogP contribution < -0.4 is 15.1 Å². The van der Waals surface area contributed by atoms with Gasteiger partial charge in [-0.05, 0) is 80.8 Å². The maximum Gasteiger partial charge on any atom is 0.277 e. The second-order valence-electron chi connectivity index (χ2n) is 7.80. The Morgan fingerprint density at radius 1 is 1.24 bits per heavy atom. The van der Waals surface area contributed by atoms with E-state index in [1.54, 1.807) is 30.5 Å². The second kappa shape index (κ2) is 8.29. The van der Waals surface area contributed by atoms with E-state index in [0.717, 1.165) is 11.1 Å². The van der Waals surface area contributed by atoms with Gasteiger partial charge in [-0.1, -0.05) is 17.7 Å². The molecule has 1 heterocycles. The third-order valence-electron chi connectivity index (χ3n) is 5.18. The molecular formula is C23H26ClN3O2. The number of ether oxygens (including phenoxy) is 1. The van der Waals surface area contributed by atoms with E-state index in [-0.39, 0.29) is 18.1 Å². The van der Waals surface area contributed by atoms with Crippen molar-refractivity contribution >= 4 is 35.0 Å². The van der Waals surface area contributed by atoms with E-state index in [1.165, 1.54) is 16.8 Å². The number of nitrogens with one attached hydrogen (secondary N) is 1. The minimum Gasteiger partial charge on any atom is -0.484 e. The lowest BCUT2D eigenvalue weighted by molar-refractivity contribution is -0.123. The van der Waals surface area contributed by atoms with E-state index < -0.39 is 0 Å². The number of anilines is 1. The minimum absolute atomic E-state index is 0.0306. The lowest BCUT2D eigenvalue weighted by Gasteiger charge is -2.41. The largest absolute Gasteiger partial charge is 0.484 e. The first-order valence-electron chi connectivity index (χ1n) is 9.46. The van der Waals surface area contributed by atoms with Gasteiger partial charge in [0.05, 0.1) is 11.8 Å². The van der Waals surface area contributed by atoms with E-state index in [0.29, 0.717) is 10.8 Å². The van der Waals surface area contributed by atoms with Crippen molar-refractivity contribution in [3.05, 3.63) is 64.2 Å². The van der Waals surface area contributed by atoms with Gasteiger partial charge in [0.15, 0.2) is 6.61 Å². The molecule has 0 aliphatic carbocycles. The number of carbonyl (C=O) groups is 1. The first-order valence-corrected chi connectivity index (χ1v) is 9.84. The molecule has 0 fully saturated rings. The molecule has 152 valence electrons. The molecular weight excluding hydrogens is 386 g/mol. The van der Waals surface area contributed by atoms with Gasteiger partial charge in [-0.15, -0.1) is 0 Å². The van der Waals surface area contributed by atoms with Crippen molar-refractivity contribution < 1.29 is 9.53 Å². The Morgan fingerprint density at radius 3 is 2.62 bits per heavy atom. The standard InChI is InChI=1S/C23H26ClN3O2/c1-15-10-21-20(16(2)12-23(3,4)27(21)5)11-17(15)13-25-26-22(28)14-29-19-8-6-18(24)7-9-19/h6-13H,14H2,1-5H3,(H,26,28)/b25-13-. The number of aryl methyl sites for hydroxylation is 1. The summed E-state index contributed by atoms with van der Waals surface area (Å²) in [4.78, 5) is 14.2. The van der Waals surface area contributed by atoms with Crippen LogP contribution in [-0.4, -0.2) is 31.3 Å². The van der Waals surface area contributed by atoms with Crippen LogP contribution >= 0.6 is 11.6 Å². The molecule has 0 bridgehead atoms. The van der Waals surface area contributed by atoms with Crippen molar-refractivity contribution in [3.8, 4) is 5.75 Å². The Hall–Kier alpha value is -2.79. The number of allylic oxidation sites excluding steroid dienone is 1. The summed E-state index contributed by atoms with van der Waals surface area (Å²) in [5.41, 5.74) is 8.14. The van der Waals surface area contributed by atoms with Gasteiger partial charge < -0.3 is 9.64 Å². The number of hydrogen-bond acceptors (Lipinski definition) is 4. The molecule has 29 heavy (non-hydrogen) atoms. The number of amides is 1. The van der Waals surface area contributed by atoms with Crippen LogP contribution in [0.1, 0.15) is 37.5 Å². The van der Waals surface area contributed by atoms with Gasteiger partial charge in [-0.2, -0.15) is 5.10 Å². The van der Waals surface area contributed by atoms with Crippen molar-refractivity contribution in [2.75, 3.05) is 18.6 Å². The fraction of sp³-hybridized carbons (Fsp3) is 0.304. The molecule has 1 aliphatic rings. The summed E-state index contributed by atoms with van der Waals surface area (Å²) in [7, 11) is 2.11. The summed E-state index contributed by atoms with van der Waals surface area (Å²) in [6.07, 6.45) is 3.93. The molecule has 2 aromatic carbocycles. The van der Waals surface area contributed by atoms with Gasteiger partial charge in [0, 0.05) is 23.3 Å². The van der Waals surface area contributed by atoms with E-state index in [9.17, 15) is 4.79 Å². The number of hydrogen-bond donors (Lipinski definition) is 1. The first kappa shape index (κ1) is 20.9. The molecule has 0 saturated heterocycles. The first-order chi connectivity index (χ1) is 13.7. The minimum atomic E-state index is -0.329. The monoisotopic (exact) mass is 411 g/mol. The summed E-state index contributed by atoms with van der Waals surface area (Å²) < 4.78 is 5.41. The maximum absolute atomic E-state index is 12.0. The molecule has 6 heteroatoms. The normalized spacial score (nSPS) is 15.1. The zero-order valence-corrected chi connectivity index (χ0v) is 18.2. The van der Waals surface area contributed by atoms with E-state index in [4.69, 9.17) is 16.3 Å². The molecule has 0 saturated carbocycles. The zero-order valence-electron chi connectivity index (χ0n) is 17.4. The third-order valence-corrected chi connectivity index (χ3v) is 5.43. The molecule has 0 radical (unpaired) electrons. The number of rotatable bonds is 5. The van der Waals surface area contributed by atoms with Gasteiger partial charge in [0.1, 0.15) is 5.75 Å². The number of halogens is 1. The van der Waals surface area contributed by atoms with Crippen molar-refractivity contribution in [1.82, 2.24) is 5.43 Å². The van der Waals surface area contributed by atoms with Gasteiger partial charge in [-0.25, -0.2) is 5.43 Å². The Balaban J connectivity index is 1.66. The lowest BCUT2D eigenvalue weighted by atomic mass is 9.87. The van der Waals surface area contributed by atoms with Crippen molar-refractivity contribution in [2.45, 2.75) is 33.2 Å². The van der Waals surface area contributed by atoms with Crippen LogP contribution in [0, 0.1) is 6.92 Å². The van der Waals surface area contributed by atoms with Crippen LogP contribution in [0.15, 0.2) is 47.6 Å². The predicted octanol–water partition coefficient (Wildman–Crippen LogP) is 4.81. The highest BCUT2D eigenvalue weighted by molar-refractivity contribution is 6.30. The summed E-state index contributed by atoms with van der Waals surface area (Å²) >= 11 is 5.83. The third kappa shape index (κ3) is 4.80. The predicted molar refractivity (Wildman–Crippen MR) is 120 cm³/mol. The average Bonchev–Trinajstić information content (AvgIpc) is 2.66. The van der Waals surface area contributed by atoms with E-state index in [1.807, 2.05) is 6.92 Å². The number of fused-ring (bicyclic) bond motifs is 1. The number of likely N-dealkylation sites (N-methyl/N-ethyl adjacent to an activating group) is 1. The number of nitrogens with zero attached hydrogens (tertiary/aromatic N) is 2. The van der Waals surface area contributed by atoms with Gasteiger partial charge in [-0.3, -0.25) is 4.79 Å². The fourth-order valence-corrected chi connectivity index (χ4v) is 3.47. The molecule has 0 spiro atoms. The molecule has 3 rings (SSSR count). The molecule has 0 aromatic heterocycles. The smallest absolute Gasteiger partial charge is 0.277 e. The summed E-state index contributed by atoms with van der Waals surface area (Å²) in [5, 5.41) is 4.71. The summed E-state index contributed by atoms with van der Waals surface area (Å²) in [6, 6.07) is 11.1. The Morgan fingerprint density at radius 2 is 1.93 bits per heavy atom. The molecule has 1 aliphatic heterocycles. The fourth-order valence-electron chi connectivity index (χ4n) is 3.34. The molecule has 2 aromatic rings. The molecule has 5 nitrogen and oxygen atoms in total. The maximum atomic E-state index is 12.0. The quantitative estimate of drug-likeness (QED) is 0.567.